The van der Waals surface area contributed by atoms with Crippen molar-refractivity contribution in [3.05, 3.63) is 248 Å². The lowest BCUT2D eigenvalue weighted by molar-refractivity contribution is 0.0922. The molecule has 12 aromatic heterocycles. The number of hydrogen-bond donors (Lipinski definition) is 4. The largest absolute Gasteiger partial charge is 0.353 e. The third kappa shape index (κ3) is 16.0. The van der Waals surface area contributed by atoms with Gasteiger partial charge in [0.2, 0.25) is 11.5 Å². The summed E-state index contributed by atoms with van der Waals surface area (Å²) in [4.78, 5) is 103. The first-order valence-corrected chi connectivity index (χ1v) is 37.6. The van der Waals surface area contributed by atoms with Crippen molar-refractivity contribution in [2.45, 2.75) is 63.2 Å². The highest BCUT2D eigenvalue weighted by molar-refractivity contribution is 7.13. The molecule has 0 aliphatic carbocycles. The molecule has 3 aromatic carbocycles. The monoisotopic (exact) mass is 1510 g/mol. The Morgan fingerprint density at radius 1 is 0.473 bits per heavy atom. The van der Waals surface area contributed by atoms with E-state index in [-0.39, 0.29) is 59.4 Å². The van der Waals surface area contributed by atoms with Gasteiger partial charge in [0.15, 0.2) is 40.3 Å². The maximum atomic E-state index is 13.1. The number of hydrogen-bond acceptors (Lipinski definition) is 24. The molecule has 4 atom stereocenters. The predicted octanol–water partition coefficient (Wildman–Crippen LogP) is 8.27. The Morgan fingerprint density at radius 3 is 1.55 bits per heavy atom. The number of aryl methyl sites for hydroxylation is 1. The zero-order chi connectivity index (χ0) is 74.9. The number of halogens is 1. The summed E-state index contributed by atoms with van der Waals surface area (Å²) < 4.78 is 22.1. The number of nitrogens with zero attached hydrogens (tertiary/aromatic N) is 23. The Bertz CT molecular complexity index is 5510. The molecule has 110 heavy (non-hydrogen) atoms. The molecule has 15 aromatic rings. The first-order chi connectivity index (χ1) is 54.0. The predicted molar refractivity (Wildman–Crippen MR) is 412 cm³/mol. The highest BCUT2D eigenvalue weighted by atomic mass is 32.1. The Hall–Kier alpha value is -13.4. The third-order valence-electron chi connectivity index (χ3n) is 19.1. The van der Waals surface area contributed by atoms with Gasteiger partial charge in [-0.05, 0) is 80.1 Å². The molecule has 16 heterocycles. The van der Waals surface area contributed by atoms with Gasteiger partial charge in [0.1, 0.15) is 39.9 Å². The van der Waals surface area contributed by atoms with E-state index in [1.165, 1.54) is 41.1 Å². The molecular weight excluding hydrogens is 1440 g/mol. The van der Waals surface area contributed by atoms with Crippen molar-refractivity contribution in [2.75, 3.05) is 72.0 Å². The van der Waals surface area contributed by atoms with E-state index in [4.69, 9.17) is 0 Å². The van der Waals surface area contributed by atoms with Gasteiger partial charge in [-0.15, -0.1) is 32.9 Å². The summed E-state index contributed by atoms with van der Waals surface area (Å²) in [5.74, 6) is 2.52. The van der Waals surface area contributed by atoms with Crippen molar-refractivity contribution >= 4 is 92.0 Å². The molecule has 4 fully saturated rings. The number of nitrogens with one attached hydrogen (secondary N) is 4. The topological polar surface area (TPSA) is 332 Å². The second kappa shape index (κ2) is 32.4. The number of thiazole rings is 2. The van der Waals surface area contributed by atoms with E-state index in [2.05, 4.69) is 122 Å². The van der Waals surface area contributed by atoms with Crippen LogP contribution in [0.5, 0.6) is 0 Å². The van der Waals surface area contributed by atoms with Crippen molar-refractivity contribution in [3.63, 3.8) is 0 Å². The Morgan fingerprint density at radius 2 is 0.973 bits per heavy atom. The van der Waals surface area contributed by atoms with E-state index in [0.29, 0.717) is 48.1 Å². The van der Waals surface area contributed by atoms with E-state index in [0.717, 1.165) is 132 Å². The van der Waals surface area contributed by atoms with Crippen LogP contribution >= 0.6 is 22.7 Å². The SMILES string of the molecule is CCc1cnc(C(=O)N[C@H]2CCN(c3nccn4cccc34)C2)nc1.O=C(N[C@H]1CCN(c2nccn3ccnc23)C1)c1csc(-c2ccccc2)n1.O=C(N[C@H]1CCN(c2nccn3cnnc23)C1)c1csc(-c2ccccc2)n1.O=C(N[C@H]1CCN(c2nccn3ncnc23)C1)c1ccn(-c2ccc(F)cc2)n1. The quantitative estimate of drug-likeness (QED) is 0.0707. The van der Waals surface area contributed by atoms with E-state index >= 15 is 0 Å². The lowest BCUT2D eigenvalue weighted by Crippen LogP contribution is -2.38. The molecule has 0 spiro atoms. The molecular formula is C76H72FN27O4S2. The number of anilines is 4. The normalized spacial score (nSPS) is 16.7. The average molecular weight is 1510 g/mol. The van der Waals surface area contributed by atoms with Crippen LogP contribution in [0.2, 0.25) is 0 Å². The summed E-state index contributed by atoms with van der Waals surface area (Å²) in [6.45, 7) is 8.04. The summed E-state index contributed by atoms with van der Waals surface area (Å²) >= 11 is 2.96. The molecule has 34 heteroatoms. The number of amides is 4. The first kappa shape index (κ1) is 70.9. The summed E-state index contributed by atoms with van der Waals surface area (Å²) in [5, 5.41) is 34.1. The zero-order valence-corrected chi connectivity index (χ0v) is 61.0. The molecule has 4 aliphatic rings. The van der Waals surface area contributed by atoms with Crippen molar-refractivity contribution < 1.29 is 23.6 Å². The minimum atomic E-state index is -0.319. The molecule has 0 radical (unpaired) electrons. The van der Waals surface area contributed by atoms with Crippen LogP contribution in [0.3, 0.4) is 0 Å². The lowest BCUT2D eigenvalue weighted by atomic mass is 10.2. The maximum Gasteiger partial charge on any atom is 0.289 e. The Kier molecular flexibility index (Phi) is 20.9. The minimum absolute atomic E-state index is 0.0246. The van der Waals surface area contributed by atoms with Crippen molar-refractivity contribution in [3.8, 4) is 26.8 Å². The molecule has 0 unspecified atom stereocenters. The van der Waals surface area contributed by atoms with Gasteiger partial charge in [0.25, 0.3) is 23.6 Å². The summed E-state index contributed by atoms with van der Waals surface area (Å²) in [6.07, 6.45) is 32.5. The Balaban J connectivity index is 0.000000112. The molecule has 0 bridgehead atoms. The van der Waals surface area contributed by atoms with Crippen LogP contribution in [-0.4, -0.2) is 193 Å². The van der Waals surface area contributed by atoms with E-state index in [1.807, 2.05) is 124 Å². The molecule has 4 N–H and O–H groups in total. The summed E-state index contributed by atoms with van der Waals surface area (Å²) in [6, 6.07) is 31.6. The fourth-order valence-corrected chi connectivity index (χ4v) is 15.1. The number of carbonyl (C=O) groups excluding carboxylic acids is 4. The third-order valence-corrected chi connectivity index (χ3v) is 20.9. The van der Waals surface area contributed by atoms with Crippen molar-refractivity contribution in [1.29, 1.82) is 0 Å². The van der Waals surface area contributed by atoms with Crippen LogP contribution in [0, 0.1) is 5.82 Å². The molecule has 4 saturated heterocycles. The van der Waals surface area contributed by atoms with E-state index in [1.54, 1.807) is 89.5 Å². The van der Waals surface area contributed by atoms with Crippen LogP contribution in [-0.2, 0) is 6.42 Å². The number of fused-ring (bicyclic) bond motifs is 4. The second-order valence-electron chi connectivity index (χ2n) is 26.4. The standard InChI is InChI=1S/C20H18N6OS.C19H17FN8O.C19H17N7OS.C18H20N6O/c27-19(16-13-28-20(24-16)14-4-2-1-3-5-14)23-15-6-9-26(12-15)18-17-21-7-10-25(17)11-8-22-18;20-13-1-3-15(4-2-13)27-9-6-16(25-27)19(29)24-14-5-8-26(11-14)17-18-22-12-23-28(18)10-7-21-17;27-18(15-11-28-19(23-15)13-4-2-1-3-5-13)22-14-6-8-25(10-14)16-17-24-21-12-26(17)9-7-20-16;1-2-13-10-20-16(21-11-13)18(25)22-14-5-8-24(12-14)17-15-4-3-7-23(15)9-6-19-17/h1-5,7-8,10-11,13,15H,6,9,12H2,(H,23,27);1-4,6-7,9-10,12,14H,5,8,11H2,(H,24,29);1-5,7,9,11-12,14H,6,8,10H2,(H,22,27);3-4,6-7,9-11,14H,2,5,8,12H2,1H3,(H,22,25)/t15-;3*14-/m0000/s1. The van der Waals surface area contributed by atoms with Crippen LogP contribution in [0.15, 0.2) is 213 Å². The molecule has 4 amide bonds. The molecule has 0 saturated carbocycles. The lowest BCUT2D eigenvalue weighted by Gasteiger charge is -2.18. The number of carbonyl (C=O) groups is 4. The van der Waals surface area contributed by atoms with Crippen LogP contribution in [0.4, 0.5) is 27.7 Å². The summed E-state index contributed by atoms with van der Waals surface area (Å²) in [7, 11) is 0. The second-order valence-corrected chi connectivity index (χ2v) is 28.1. The molecule has 31 nitrogen and oxygen atoms in total. The van der Waals surface area contributed by atoms with Gasteiger partial charge in [-0.1, -0.05) is 67.6 Å². The van der Waals surface area contributed by atoms with Crippen molar-refractivity contribution in [1.82, 2.24) is 114 Å². The van der Waals surface area contributed by atoms with Gasteiger partial charge in [0.05, 0.1) is 11.2 Å². The minimum Gasteiger partial charge on any atom is -0.353 e. The van der Waals surface area contributed by atoms with Gasteiger partial charge >= 0.3 is 0 Å². The smallest absolute Gasteiger partial charge is 0.289 e. The van der Waals surface area contributed by atoms with Gasteiger partial charge in [-0.2, -0.15) is 10.2 Å². The van der Waals surface area contributed by atoms with Gasteiger partial charge in [0, 0.05) is 185 Å². The molecule has 19 rings (SSSR count). The van der Waals surface area contributed by atoms with E-state index in [9.17, 15) is 23.6 Å². The molecule has 554 valence electrons. The zero-order valence-electron chi connectivity index (χ0n) is 59.3. The highest BCUT2D eigenvalue weighted by Crippen LogP contribution is 2.30. The fourth-order valence-electron chi connectivity index (χ4n) is 13.5. The van der Waals surface area contributed by atoms with Gasteiger partial charge < -0.3 is 49.7 Å². The highest BCUT2D eigenvalue weighted by Gasteiger charge is 2.32. The van der Waals surface area contributed by atoms with Crippen LogP contribution in [0.1, 0.15) is 80.3 Å². The summed E-state index contributed by atoms with van der Waals surface area (Å²) in [5.41, 5.74) is 8.32. The number of aromatic nitrogens is 19. The van der Waals surface area contributed by atoms with Crippen LogP contribution in [0.25, 0.3) is 49.3 Å². The Labute approximate surface area is 635 Å². The van der Waals surface area contributed by atoms with Gasteiger partial charge in [-0.3, -0.25) is 23.6 Å². The van der Waals surface area contributed by atoms with Gasteiger partial charge in [-0.25, -0.2) is 63.4 Å². The first-order valence-electron chi connectivity index (χ1n) is 35.8. The molecule has 4 aliphatic heterocycles. The maximum absolute atomic E-state index is 13.1. The van der Waals surface area contributed by atoms with E-state index < -0.39 is 0 Å². The fraction of sp³-hybridized carbons (Fsp3) is 0.237. The average Bonchev–Trinajstić information content (AvgIpc) is 1.66. The van der Waals surface area contributed by atoms with Crippen LogP contribution < -0.4 is 40.9 Å². The van der Waals surface area contributed by atoms with Crippen molar-refractivity contribution in [2.24, 2.45) is 0 Å². The number of imidazole rings is 1. The number of rotatable bonds is 16. The number of benzene rings is 3.